The summed E-state index contributed by atoms with van der Waals surface area (Å²) in [5.74, 6) is 0.336. The third kappa shape index (κ3) is 3.17. The van der Waals surface area contributed by atoms with Crippen LogP contribution in [-0.2, 0) is 4.74 Å². The molecule has 2 heterocycles. The van der Waals surface area contributed by atoms with E-state index in [0.29, 0.717) is 18.1 Å². The van der Waals surface area contributed by atoms with E-state index >= 15 is 0 Å². The molecule has 0 spiro atoms. The molecule has 3 unspecified atom stereocenters. The van der Waals surface area contributed by atoms with Gasteiger partial charge in [0.1, 0.15) is 0 Å². The zero-order valence-corrected chi connectivity index (χ0v) is 10.2. The number of aliphatic hydroxyl groups is 1. The molecule has 0 radical (unpaired) electrons. The predicted molar refractivity (Wildman–Crippen MR) is 63.5 cm³/mol. The maximum absolute atomic E-state index is 8.92. The summed E-state index contributed by atoms with van der Waals surface area (Å²) in [4.78, 5) is 2.56. The summed E-state index contributed by atoms with van der Waals surface area (Å²) in [5.41, 5.74) is 0. The lowest BCUT2D eigenvalue weighted by molar-refractivity contribution is -0.0472. The molecular formula is C12H24N2O2. The molecule has 2 N–H and O–H groups in total. The van der Waals surface area contributed by atoms with Gasteiger partial charge in [0.25, 0.3) is 0 Å². The third-order valence-electron chi connectivity index (χ3n) is 3.64. The predicted octanol–water partition coefficient (Wildman–Crippen LogP) is 0.0676. The Labute approximate surface area is 98.0 Å². The summed E-state index contributed by atoms with van der Waals surface area (Å²) in [7, 11) is 0. The van der Waals surface area contributed by atoms with Crippen molar-refractivity contribution in [1.82, 2.24) is 10.2 Å². The quantitative estimate of drug-likeness (QED) is 0.699. The third-order valence-corrected chi connectivity index (χ3v) is 3.64. The van der Waals surface area contributed by atoms with Crippen LogP contribution in [0.4, 0.5) is 0 Å². The fourth-order valence-corrected chi connectivity index (χ4v) is 2.56. The Bertz CT molecular complexity index is 213. The van der Waals surface area contributed by atoms with Crippen molar-refractivity contribution in [2.24, 2.45) is 5.92 Å². The van der Waals surface area contributed by atoms with E-state index in [-0.39, 0.29) is 6.61 Å². The molecule has 2 fully saturated rings. The molecule has 2 rings (SSSR count). The van der Waals surface area contributed by atoms with Crippen molar-refractivity contribution in [3.63, 3.8) is 0 Å². The van der Waals surface area contributed by atoms with Crippen LogP contribution in [0.5, 0.6) is 0 Å². The summed E-state index contributed by atoms with van der Waals surface area (Å²) in [6, 6.07) is 0.688. The van der Waals surface area contributed by atoms with Gasteiger partial charge in [-0.3, -0.25) is 4.90 Å². The van der Waals surface area contributed by atoms with E-state index in [9.17, 15) is 0 Å². The Hall–Kier alpha value is -0.160. The molecule has 3 atom stereocenters. The lowest BCUT2D eigenvalue weighted by Gasteiger charge is -2.35. The second-order valence-electron chi connectivity index (χ2n) is 5.19. The Balaban J connectivity index is 1.63. The highest BCUT2D eigenvalue weighted by Crippen LogP contribution is 2.22. The van der Waals surface area contributed by atoms with Gasteiger partial charge in [0, 0.05) is 25.7 Å². The van der Waals surface area contributed by atoms with Gasteiger partial charge in [0.05, 0.1) is 12.7 Å². The number of hydrogen-bond donors (Lipinski definition) is 2. The van der Waals surface area contributed by atoms with Crippen LogP contribution in [-0.4, -0.2) is 61.5 Å². The van der Waals surface area contributed by atoms with Gasteiger partial charge in [0.2, 0.25) is 0 Å². The number of nitrogens with one attached hydrogen (secondary N) is 1. The van der Waals surface area contributed by atoms with Crippen LogP contribution >= 0.6 is 0 Å². The molecule has 16 heavy (non-hydrogen) atoms. The molecule has 4 nitrogen and oxygen atoms in total. The molecule has 0 aromatic heterocycles. The number of rotatable bonds is 5. The molecule has 0 bridgehead atoms. The minimum absolute atomic E-state index is 0.257. The highest BCUT2D eigenvalue weighted by Gasteiger charge is 2.31. The van der Waals surface area contributed by atoms with E-state index in [0.717, 1.165) is 26.2 Å². The second kappa shape index (κ2) is 5.96. The van der Waals surface area contributed by atoms with Crippen molar-refractivity contribution in [2.45, 2.75) is 31.9 Å². The van der Waals surface area contributed by atoms with Gasteiger partial charge in [0.15, 0.2) is 0 Å². The van der Waals surface area contributed by atoms with Gasteiger partial charge in [-0.1, -0.05) is 6.92 Å². The number of ether oxygens (including phenoxy) is 1. The standard InChI is InChI=1S/C12H24N2O2/c1-10(8-15)5-13-6-12-7-14-4-2-3-11(14)9-16-12/h10-13,15H,2-9H2,1H3. The first-order chi connectivity index (χ1) is 7.79. The monoisotopic (exact) mass is 228 g/mol. The van der Waals surface area contributed by atoms with Crippen molar-refractivity contribution in [2.75, 3.05) is 39.4 Å². The largest absolute Gasteiger partial charge is 0.396 e. The van der Waals surface area contributed by atoms with Crippen LogP contribution in [0.2, 0.25) is 0 Å². The van der Waals surface area contributed by atoms with Gasteiger partial charge in [-0.15, -0.1) is 0 Å². The van der Waals surface area contributed by atoms with Crippen LogP contribution in [0, 0.1) is 5.92 Å². The fourth-order valence-electron chi connectivity index (χ4n) is 2.56. The molecule has 0 aromatic carbocycles. The van der Waals surface area contributed by atoms with E-state index in [1.807, 2.05) is 6.92 Å². The smallest absolute Gasteiger partial charge is 0.0826 e. The fraction of sp³-hybridized carbons (Fsp3) is 1.00. The van der Waals surface area contributed by atoms with E-state index in [1.165, 1.54) is 19.4 Å². The molecule has 2 aliphatic rings. The van der Waals surface area contributed by atoms with Gasteiger partial charge >= 0.3 is 0 Å². The lowest BCUT2D eigenvalue weighted by atomic mass is 10.1. The second-order valence-corrected chi connectivity index (χ2v) is 5.19. The molecule has 0 amide bonds. The molecule has 0 saturated carbocycles. The molecule has 4 heteroatoms. The van der Waals surface area contributed by atoms with Crippen molar-refractivity contribution in [3.8, 4) is 0 Å². The summed E-state index contributed by atoms with van der Waals surface area (Å²) in [6.07, 6.45) is 2.97. The molecule has 0 aliphatic carbocycles. The summed E-state index contributed by atoms with van der Waals surface area (Å²) in [6.45, 7) is 7.32. The maximum atomic E-state index is 8.92. The highest BCUT2D eigenvalue weighted by molar-refractivity contribution is 4.85. The molecule has 94 valence electrons. The van der Waals surface area contributed by atoms with Crippen molar-refractivity contribution in [3.05, 3.63) is 0 Å². The zero-order chi connectivity index (χ0) is 11.4. The minimum Gasteiger partial charge on any atom is -0.396 e. The first-order valence-corrected chi connectivity index (χ1v) is 6.47. The van der Waals surface area contributed by atoms with Crippen LogP contribution < -0.4 is 5.32 Å². The average Bonchev–Trinajstić information content (AvgIpc) is 2.76. The van der Waals surface area contributed by atoms with Gasteiger partial charge in [-0.2, -0.15) is 0 Å². The van der Waals surface area contributed by atoms with Crippen molar-refractivity contribution < 1.29 is 9.84 Å². The Morgan fingerprint density at radius 1 is 1.56 bits per heavy atom. The number of aliphatic hydroxyl groups excluding tert-OH is 1. The normalized spacial score (nSPS) is 32.6. The molecule has 0 aromatic rings. The van der Waals surface area contributed by atoms with E-state index in [1.54, 1.807) is 0 Å². The minimum atomic E-state index is 0.257. The summed E-state index contributed by atoms with van der Waals surface area (Å²) >= 11 is 0. The van der Waals surface area contributed by atoms with Gasteiger partial charge < -0.3 is 15.2 Å². The van der Waals surface area contributed by atoms with Crippen LogP contribution in [0.1, 0.15) is 19.8 Å². The maximum Gasteiger partial charge on any atom is 0.0826 e. The highest BCUT2D eigenvalue weighted by atomic mass is 16.5. The number of hydrogen-bond acceptors (Lipinski definition) is 4. The van der Waals surface area contributed by atoms with E-state index < -0.39 is 0 Å². The first kappa shape index (κ1) is 12.3. The first-order valence-electron chi connectivity index (χ1n) is 6.47. The SMILES string of the molecule is CC(CO)CNCC1CN2CCCC2CO1. The average molecular weight is 228 g/mol. The molecule has 2 aliphatic heterocycles. The number of nitrogens with zero attached hydrogens (tertiary/aromatic N) is 1. The van der Waals surface area contributed by atoms with E-state index in [4.69, 9.17) is 9.84 Å². The van der Waals surface area contributed by atoms with E-state index in [2.05, 4.69) is 10.2 Å². The van der Waals surface area contributed by atoms with Crippen molar-refractivity contribution in [1.29, 1.82) is 0 Å². The summed E-state index contributed by atoms with van der Waals surface area (Å²) < 4.78 is 5.84. The van der Waals surface area contributed by atoms with Crippen LogP contribution in [0.15, 0.2) is 0 Å². The number of morpholine rings is 1. The Kier molecular flexibility index (Phi) is 4.58. The lowest BCUT2D eigenvalue weighted by Crippen LogP contribution is -2.49. The Morgan fingerprint density at radius 3 is 3.25 bits per heavy atom. The van der Waals surface area contributed by atoms with Gasteiger partial charge in [-0.25, -0.2) is 0 Å². The van der Waals surface area contributed by atoms with Gasteiger partial charge in [-0.05, 0) is 31.8 Å². The summed E-state index contributed by atoms with van der Waals surface area (Å²) in [5, 5.41) is 12.3. The molecular weight excluding hydrogens is 204 g/mol. The van der Waals surface area contributed by atoms with Crippen LogP contribution in [0.25, 0.3) is 0 Å². The Morgan fingerprint density at radius 2 is 2.44 bits per heavy atom. The number of fused-ring (bicyclic) bond motifs is 1. The van der Waals surface area contributed by atoms with Crippen LogP contribution in [0.3, 0.4) is 0 Å². The van der Waals surface area contributed by atoms with Crippen molar-refractivity contribution >= 4 is 0 Å². The molecule has 2 saturated heterocycles. The topological polar surface area (TPSA) is 44.7 Å². The zero-order valence-electron chi connectivity index (χ0n) is 10.2.